The first-order valence-corrected chi connectivity index (χ1v) is 9.42. The first kappa shape index (κ1) is 23.6. The van der Waals surface area contributed by atoms with Crippen LogP contribution in [0.4, 0.5) is 0 Å². The smallest absolute Gasteiger partial charge is 0.326 e. The first-order valence-electron chi connectivity index (χ1n) is 9.42. The van der Waals surface area contributed by atoms with E-state index in [4.69, 9.17) is 4.74 Å². The molecular formula is C21H32N2O5. The molecule has 2 amide bonds. The SMILES string of the molecule is CC(C)C(=O)N(C)Cc1ccc(C(=O)NC(CCOC(C)(C)C)C(=O)O)cc1. The predicted octanol–water partition coefficient (Wildman–Crippen LogP) is 2.69. The summed E-state index contributed by atoms with van der Waals surface area (Å²) in [4.78, 5) is 37.4. The lowest BCUT2D eigenvalue weighted by Gasteiger charge is -2.21. The summed E-state index contributed by atoms with van der Waals surface area (Å²) in [5, 5.41) is 11.9. The maximum Gasteiger partial charge on any atom is 0.326 e. The number of rotatable bonds is 9. The van der Waals surface area contributed by atoms with Gasteiger partial charge >= 0.3 is 5.97 Å². The van der Waals surface area contributed by atoms with Gasteiger partial charge in [-0.2, -0.15) is 0 Å². The van der Waals surface area contributed by atoms with Crippen molar-refractivity contribution in [1.29, 1.82) is 0 Å². The molecule has 7 heteroatoms. The number of carboxylic acid groups (broad SMARTS) is 1. The van der Waals surface area contributed by atoms with Crippen molar-refractivity contribution in [2.45, 2.75) is 59.2 Å². The molecule has 0 fully saturated rings. The van der Waals surface area contributed by atoms with Crippen LogP contribution in [-0.4, -0.2) is 53.1 Å². The van der Waals surface area contributed by atoms with Gasteiger partial charge in [0.1, 0.15) is 6.04 Å². The lowest BCUT2D eigenvalue weighted by Crippen LogP contribution is -2.42. The van der Waals surface area contributed by atoms with Gasteiger partial charge in [0.2, 0.25) is 5.91 Å². The summed E-state index contributed by atoms with van der Waals surface area (Å²) in [5.41, 5.74) is 0.887. The van der Waals surface area contributed by atoms with Crippen molar-refractivity contribution in [2.24, 2.45) is 5.92 Å². The molecular weight excluding hydrogens is 360 g/mol. The molecule has 0 aromatic heterocycles. The highest BCUT2D eigenvalue weighted by molar-refractivity contribution is 5.96. The van der Waals surface area contributed by atoms with Crippen LogP contribution in [0.2, 0.25) is 0 Å². The minimum absolute atomic E-state index is 0.0450. The number of hydrogen-bond acceptors (Lipinski definition) is 4. The molecule has 7 nitrogen and oxygen atoms in total. The van der Waals surface area contributed by atoms with Crippen LogP contribution in [0.15, 0.2) is 24.3 Å². The first-order chi connectivity index (χ1) is 12.9. The molecule has 0 saturated carbocycles. The highest BCUT2D eigenvalue weighted by atomic mass is 16.5. The summed E-state index contributed by atoms with van der Waals surface area (Å²) in [5.74, 6) is -1.59. The van der Waals surface area contributed by atoms with E-state index in [0.29, 0.717) is 12.1 Å². The molecule has 1 unspecified atom stereocenters. The Kier molecular flexibility index (Phi) is 8.63. The van der Waals surface area contributed by atoms with E-state index in [0.717, 1.165) is 5.56 Å². The minimum atomic E-state index is -1.10. The van der Waals surface area contributed by atoms with Crippen LogP contribution >= 0.6 is 0 Å². The van der Waals surface area contributed by atoms with Crippen LogP contribution in [0, 0.1) is 5.92 Å². The Morgan fingerprint density at radius 1 is 1.14 bits per heavy atom. The van der Waals surface area contributed by atoms with Gasteiger partial charge in [-0.15, -0.1) is 0 Å². The van der Waals surface area contributed by atoms with Crippen LogP contribution in [-0.2, 0) is 20.9 Å². The Balaban J connectivity index is 2.67. The number of ether oxygens (including phenoxy) is 1. The summed E-state index contributed by atoms with van der Waals surface area (Å²) in [6, 6.07) is 5.75. The number of carboxylic acids is 1. The summed E-state index contributed by atoms with van der Waals surface area (Å²) in [7, 11) is 1.74. The van der Waals surface area contributed by atoms with Gasteiger partial charge in [-0.1, -0.05) is 26.0 Å². The number of carbonyl (C=O) groups excluding carboxylic acids is 2. The second kappa shape index (κ2) is 10.2. The monoisotopic (exact) mass is 392 g/mol. The number of hydrogen-bond donors (Lipinski definition) is 2. The highest BCUT2D eigenvalue weighted by Crippen LogP contribution is 2.11. The van der Waals surface area contributed by atoms with Crippen LogP contribution in [0.25, 0.3) is 0 Å². The van der Waals surface area contributed by atoms with E-state index < -0.39 is 17.9 Å². The molecule has 0 radical (unpaired) electrons. The molecule has 2 N–H and O–H groups in total. The Hall–Kier alpha value is -2.41. The van der Waals surface area contributed by atoms with Gasteiger partial charge in [-0.3, -0.25) is 9.59 Å². The third kappa shape index (κ3) is 8.08. The predicted molar refractivity (Wildman–Crippen MR) is 107 cm³/mol. The standard InChI is InChI=1S/C21H32N2O5/c1-14(2)19(25)23(6)13-15-7-9-16(10-8-15)18(24)22-17(20(26)27)11-12-28-21(3,4)5/h7-10,14,17H,11-13H2,1-6H3,(H,22,24)(H,26,27). The lowest BCUT2D eigenvalue weighted by atomic mass is 10.1. The van der Waals surface area contributed by atoms with E-state index in [1.807, 2.05) is 34.6 Å². The van der Waals surface area contributed by atoms with E-state index in [2.05, 4.69) is 5.32 Å². The zero-order valence-electron chi connectivity index (χ0n) is 17.6. The average molecular weight is 392 g/mol. The molecule has 0 aliphatic heterocycles. The summed E-state index contributed by atoms with van der Waals surface area (Å²) in [6.45, 7) is 10.0. The molecule has 0 spiro atoms. The molecule has 28 heavy (non-hydrogen) atoms. The van der Waals surface area contributed by atoms with E-state index in [9.17, 15) is 19.5 Å². The van der Waals surface area contributed by atoms with Crippen molar-refractivity contribution in [1.82, 2.24) is 10.2 Å². The molecule has 0 heterocycles. The number of carbonyl (C=O) groups is 3. The molecule has 0 saturated heterocycles. The Labute approximate surface area is 167 Å². The highest BCUT2D eigenvalue weighted by Gasteiger charge is 2.22. The maximum absolute atomic E-state index is 12.4. The van der Waals surface area contributed by atoms with Crippen LogP contribution < -0.4 is 5.32 Å². The molecule has 1 aromatic carbocycles. The lowest BCUT2D eigenvalue weighted by molar-refractivity contribution is -0.140. The number of nitrogens with zero attached hydrogens (tertiary/aromatic N) is 1. The molecule has 156 valence electrons. The average Bonchev–Trinajstić information content (AvgIpc) is 2.59. The Morgan fingerprint density at radius 3 is 2.18 bits per heavy atom. The molecule has 1 atom stereocenters. The van der Waals surface area contributed by atoms with E-state index in [1.165, 1.54) is 0 Å². The molecule has 1 rings (SSSR count). The van der Waals surface area contributed by atoms with E-state index in [1.54, 1.807) is 36.2 Å². The molecule has 1 aromatic rings. The molecule has 0 bridgehead atoms. The van der Waals surface area contributed by atoms with Crippen molar-refractivity contribution >= 4 is 17.8 Å². The summed E-state index contributed by atoms with van der Waals surface area (Å²) in [6.07, 6.45) is 0.179. The zero-order chi connectivity index (χ0) is 21.5. The van der Waals surface area contributed by atoms with Crippen molar-refractivity contribution in [3.8, 4) is 0 Å². The van der Waals surface area contributed by atoms with E-state index >= 15 is 0 Å². The number of aliphatic carboxylic acids is 1. The second-order valence-corrected chi connectivity index (χ2v) is 8.16. The zero-order valence-corrected chi connectivity index (χ0v) is 17.6. The summed E-state index contributed by atoms with van der Waals surface area (Å²) >= 11 is 0. The largest absolute Gasteiger partial charge is 0.480 e. The van der Waals surface area contributed by atoms with Gasteiger partial charge in [-0.25, -0.2) is 4.79 Å². The van der Waals surface area contributed by atoms with Crippen molar-refractivity contribution in [2.75, 3.05) is 13.7 Å². The van der Waals surface area contributed by atoms with Crippen molar-refractivity contribution in [3.63, 3.8) is 0 Å². The van der Waals surface area contributed by atoms with Gasteiger partial charge in [0.25, 0.3) is 5.91 Å². The Bertz CT molecular complexity index is 677. The number of benzene rings is 1. The number of amides is 2. The van der Waals surface area contributed by atoms with Crippen LogP contribution in [0.3, 0.4) is 0 Å². The van der Waals surface area contributed by atoms with Crippen molar-refractivity contribution < 1.29 is 24.2 Å². The topological polar surface area (TPSA) is 95.9 Å². The van der Waals surface area contributed by atoms with Crippen molar-refractivity contribution in [3.05, 3.63) is 35.4 Å². The fourth-order valence-electron chi connectivity index (χ4n) is 2.54. The summed E-state index contributed by atoms with van der Waals surface area (Å²) < 4.78 is 5.54. The third-order valence-electron chi connectivity index (χ3n) is 4.05. The normalized spacial score (nSPS) is 12.5. The van der Waals surface area contributed by atoms with Gasteiger partial charge < -0.3 is 20.1 Å². The quantitative estimate of drug-likeness (QED) is 0.674. The van der Waals surface area contributed by atoms with Crippen LogP contribution in [0.1, 0.15) is 57.0 Å². The fourth-order valence-corrected chi connectivity index (χ4v) is 2.54. The van der Waals surface area contributed by atoms with Gasteiger partial charge in [0, 0.05) is 38.1 Å². The third-order valence-corrected chi connectivity index (χ3v) is 4.05. The maximum atomic E-state index is 12.4. The molecule has 0 aliphatic carbocycles. The second-order valence-electron chi connectivity index (χ2n) is 8.16. The number of nitrogens with one attached hydrogen (secondary N) is 1. The minimum Gasteiger partial charge on any atom is -0.480 e. The Morgan fingerprint density at radius 2 is 1.71 bits per heavy atom. The van der Waals surface area contributed by atoms with Crippen LogP contribution in [0.5, 0.6) is 0 Å². The van der Waals surface area contributed by atoms with Gasteiger partial charge in [-0.05, 0) is 38.5 Å². The van der Waals surface area contributed by atoms with Gasteiger partial charge in [0.15, 0.2) is 0 Å². The molecule has 0 aliphatic rings. The fraction of sp³-hybridized carbons (Fsp3) is 0.571. The van der Waals surface area contributed by atoms with Gasteiger partial charge in [0.05, 0.1) is 5.60 Å². The van der Waals surface area contributed by atoms with E-state index in [-0.39, 0.29) is 30.5 Å².